The predicted molar refractivity (Wildman–Crippen MR) is 87.3 cm³/mol. The second-order valence-electron chi connectivity index (χ2n) is 4.99. The largest absolute Gasteiger partial charge is 0.389 e. The standard InChI is InChI=1S/C12H19N6O5P/c1-2-3-14-10-9-11(17-12(13)16-10)18(6-15-9)4-8(19)5-23-7-24(20,21)22/h2,6,8,19H,1,3-5,7H2,(H2,20,21,22)(H3,13,14,16,17). The molecule has 0 aromatic carbocycles. The average Bonchev–Trinajstić information content (AvgIpc) is 2.86. The maximum absolute atomic E-state index is 10.7. The van der Waals surface area contributed by atoms with Gasteiger partial charge < -0.3 is 35.2 Å². The van der Waals surface area contributed by atoms with Gasteiger partial charge in [0.15, 0.2) is 17.0 Å². The Labute approximate surface area is 137 Å². The van der Waals surface area contributed by atoms with Gasteiger partial charge in [0.2, 0.25) is 5.95 Å². The molecule has 0 spiro atoms. The molecule has 11 nitrogen and oxygen atoms in total. The lowest BCUT2D eigenvalue weighted by atomic mass is 10.3. The molecule has 0 aliphatic rings. The number of aromatic nitrogens is 4. The minimum absolute atomic E-state index is 0.0445. The Bertz CT molecular complexity index is 760. The summed E-state index contributed by atoms with van der Waals surface area (Å²) in [6.07, 6.45) is 1.36. The van der Waals surface area contributed by atoms with Crippen LogP contribution in [0.4, 0.5) is 11.8 Å². The predicted octanol–water partition coefficient (Wildman–Crippen LogP) is -0.481. The number of fused-ring (bicyclic) bond motifs is 1. The third-order valence-electron chi connectivity index (χ3n) is 2.87. The fraction of sp³-hybridized carbons (Fsp3) is 0.417. The monoisotopic (exact) mass is 358 g/mol. The van der Waals surface area contributed by atoms with Crippen LogP contribution in [0.25, 0.3) is 11.2 Å². The van der Waals surface area contributed by atoms with Gasteiger partial charge >= 0.3 is 7.60 Å². The van der Waals surface area contributed by atoms with E-state index in [0.717, 1.165) is 0 Å². The molecule has 1 atom stereocenters. The third kappa shape index (κ3) is 4.98. The van der Waals surface area contributed by atoms with Gasteiger partial charge in [-0.05, 0) is 0 Å². The topological polar surface area (TPSA) is 169 Å². The summed E-state index contributed by atoms with van der Waals surface area (Å²) < 4.78 is 17.0. The normalized spacial score (nSPS) is 13.1. The first-order chi connectivity index (χ1) is 11.3. The summed E-state index contributed by atoms with van der Waals surface area (Å²) in [5.74, 6) is 0.492. The van der Waals surface area contributed by atoms with Gasteiger partial charge in [-0.1, -0.05) is 6.08 Å². The minimum Gasteiger partial charge on any atom is -0.389 e. The summed E-state index contributed by atoms with van der Waals surface area (Å²) in [5, 5.41) is 12.9. The van der Waals surface area contributed by atoms with Gasteiger partial charge in [0.1, 0.15) is 6.35 Å². The Balaban J connectivity index is 2.10. The molecule has 2 rings (SSSR count). The van der Waals surface area contributed by atoms with Crippen LogP contribution in [0, 0.1) is 0 Å². The van der Waals surface area contributed by atoms with Crippen molar-refractivity contribution < 1.29 is 24.2 Å². The van der Waals surface area contributed by atoms with E-state index in [1.54, 1.807) is 10.6 Å². The second kappa shape index (κ2) is 7.69. The molecule has 0 radical (unpaired) electrons. The molecule has 2 aromatic rings. The van der Waals surface area contributed by atoms with E-state index in [1.807, 2.05) is 0 Å². The average molecular weight is 358 g/mol. The van der Waals surface area contributed by atoms with Gasteiger partial charge in [-0.3, -0.25) is 4.57 Å². The highest BCUT2D eigenvalue weighted by atomic mass is 31.2. The number of aliphatic hydroxyl groups is 1. The van der Waals surface area contributed by atoms with Gasteiger partial charge in [-0.2, -0.15) is 9.97 Å². The lowest BCUT2D eigenvalue weighted by molar-refractivity contribution is 0.0413. The van der Waals surface area contributed by atoms with Gasteiger partial charge in [-0.15, -0.1) is 6.58 Å². The molecule has 2 heterocycles. The summed E-state index contributed by atoms with van der Waals surface area (Å²) in [6, 6.07) is 0. The zero-order valence-corrected chi connectivity index (χ0v) is 13.6. The first kappa shape index (κ1) is 18.3. The number of anilines is 2. The summed E-state index contributed by atoms with van der Waals surface area (Å²) in [6.45, 7) is 3.89. The fourth-order valence-corrected chi connectivity index (χ4v) is 2.32. The molecule has 2 aromatic heterocycles. The Morgan fingerprint density at radius 3 is 2.92 bits per heavy atom. The maximum Gasteiger partial charge on any atom is 0.350 e. The number of nitrogen functional groups attached to an aromatic ring is 1. The van der Waals surface area contributed by atoms with Crippen molar-refractivity contribution in [1.29, 1.82) is 0 Å². The first-order valence-corrected chi connectivity index (χ1v) is 8.73. The SMILES string of the molecule is C=CCNc1nc(N)nc2c1ncn2CC(O)COCP(=O)(O)O. The number of ether oxygens (including phenoxy) is 1. The first-order valence-electron chi connectivity index (χ1n) is 6.93. The van der Waals surface area contributed by atoms with Crippen LogP contribution >= 0.6 is 7.60 Å². The summed E-state index contributed by atoms with van der Waals surface area (Å²) in [4.78, 5) is 29.8. The second-order valence-corrected chi connectivity index (χ2v) is 6.58. The zero-order valence-electron chi connectivity index (χ0n) is 12.7. The van der Waals surface area contributed by atoms with E-state index >= 15 is 0 Å². The van der Waals surface area contributed by atoms with E-state index in [9.17, 15) is 9.67 Å². The van der Waals surface area contributed by atoms with Crippen LogP contribution in [0.1, 0.15) is 0 Å². The molecule has 0 amide bonds. The van der Waals surface area contributed by atoms with E-state index in [2.05, 4.69) is 26.8 Å². The molecule has 0 saturated carbocycles. The van der Waals surface area contributed by atoms with Crippen molar-refractivity contribution in [3.05, 3.63) is 19.0 Å². The van der Waals surface area contributed by atoms with E-state index in [4.69, 9.17) is 20.3 Å². The Morgan fingerprint density at radius 1 is 1.50 bits per heavy atom. The molecule has 132 valence electrons. The van der Waals surface area contributed by atoms with Crippen LogP contribution in [0.3, 0.4) is 0 Å². The van der Waals surface area contributed by atoms with Crippen molar-refractivity contribution in [1.82, 2.24) is 19.5 Å². The lowest BCUT2D eigenvalue weighted by Gasteiger charge is -2.13. The van der Waals surface area contributed by atoms with Crippen LogP contribution in [0.2, 0.25) is 0 Å². The number of rotatable bonds is 9. The third-order valence-corrected chi connectivity index (χ3v) is 3.39. The van der Waals surface area contributed by atoms with Crippen LogP contribution in [0.5, 0.6) is 0 Å². The van der Waals surface area contributed by atoms with Crippen molar-refractivity contribution in [2.24, 2.45) is 0 Å². The molecule has 12 heteroatoms. The Kier molecular flexibility index (Phi) is 5.86. The summed E-state index contributed by atoms with van der Waals surface area (Å²) in [5.41, 5.74) is 6.58. The molecule has 0 fully saturated rings. The van der Waals surface area contributed by atoms with E-state index < -0.39 is 20.0 Å². The molecular weight excluding hydrogens is 339 g/mol. The van der Waals surface area contributed by atoms with Gasteiger partial charge in [-0.25, -0.2) is 4.98 Å². The van der Waals surface area contributed by atoms with Crippen LogP contribution in [-0.2, 0) is 15.8 Å². The number of hydrogen-bond acceptors (Lipinski definition) is 8. The van der Waals surface area contributed by atoms with Gasteiger partial charge in [0, 0.05) is 6.54 Å². The molecule has 0 aliphatic heterocycles. The van der Waals surface area contributed by atoms with E-state index in [1.165, 1.54) is 6.33 Å². The van der Waals surface area contributed by atoms with Crippen molar-refractivity contribution in [3.8, 4) is 0 Å². The van der Waals surface area contributed by atoms with Crippen molar-refractivity contribution >= 4 is 30.5 Å². The molecule has 6 N–H and O–H groups in total. The van der Waals surface area contributed by atoms with Gasteiger partial charge in [0.05, 0.1) is 25.6 Å². The molecule has 0 bridgehead atoms. The molecular formula is C12H19N6O5P. The van der Waals surface area contributed by atoms with Gasteiger partial charge in [0.25, 0.3) is 0 Å². The quantitative estimate of drug-likeness (QED) is 0.291. The number of imidazole rings is 1. The molecule has 1 unspecified atom stereocenters. The van der Waals surface area contributed by atoms with Crippen molar-refractivity contribution in [3.63, 3.8) is 0 Å². The van der Waals surface area contributed by atoms with Crippen molar-refractivity contribution in [2.75, 3.05) is 30.6 Å². The number of nitrogens with one attached hydrogen (secondary N) is 1. The number of hydrogen-bond donors (Lipinski definition) is 5. The minimum atomic E-state index is -4.26. The summed E-state index contributed by atoms with van der Waals surface area (Å²) >= 11 is 0. The summed E-state index contributed by atoms with van der Waals surface area (Å²) in [7, 11) is -4.26. The highest BCUT2D eigenvalue weighted by molar-refractivity contribution is 7.51. The van der Waals surface area contributed by atoms with Crippen LogP contribution in [-0.4, -0.2) is 60.0 Å². The lowest BCUT2D eigenvalue weighted by Crippen LogP contribution is -2.22. The maximum atomic E-state index is 10.7. The van der Waals surface area contributed by atoms with Crippen LogP contribution in [0.15, 0.2) is 19.0 Å². The number of nitrogens with zero attached hydrogens (tertiary/aromatic N) is 4. The highest BCUT2D eigenvalue weighted by Crippen LogP contribution is 2.33. The number of nitrogens with two attached hydrogens (primary N) is 1. The molecule has 0 aliphatic carbocycles. The van der Waals surface area contributed by atoms with E-state index in [0.29, 0.717) is 23.5 Å². The molecule has 24 heavy (non-hydrogen) atoms. The zero-order chi connectivity index (χ0) is 17.7. The Hall–Kier alpha value is -2.04. The molecule has 0 saturated heterocycles. The fourth-order valence-electron chi connectivity index (χ4n) is 1.97. The van der Waals surface area contributed by atoms with Crippen molar-refractivity contribution in [2.45, 2.75) is 12.6 Å². The van der Waals surface area contributed by atoms with Crippen LogP contribution < -0.4 is 11.1 Å². The Morgan fingerprint density at radius 2 is 2.25 bits per heavy atom. The number of aliphatic hydroxyl groups excluding tert-OH is 1. The highest BCUT2D eigenvalue weighted by Gasteiger charge is 2.17. The van der Waals surface area contributed by atoms with E-state index in [-0.39, 0.29) is 19.1 Å². The smallest absolute Gasteiger partial charge is 0.350 e.